The molecule has 0 aliphatic carbocycles. The quantitative estimate of drug-likeness (QED) is 0.679. The van der Waals surface area contributed by atoms with E-state index in [4.69, 9.17) is 0 Å². The highest BCUT2D eigenvalue weighted by Gasteiger charge is 2.26. The summed E-state index contributed by atoms with van der Waals surface area (Å²) in [5.74, 6) is 0.869. The van der Waals surface area contributed by atoms with Gasteiger partial charge in [0.25, 0.3) is 0 Å². The molecular formula is C18H19N5O. The Labute approximate surface area is 139 Å². The number of imidazole rings is 1. The molecule has 2 heterocycles. The topological polar surface area (TPSA) is 73.1 Å². The Morgan fingerprint density at radius 2 is 1.92 bits per heavy atom. The van der Waals surface area contributed by atoms with Crippen molar-refractivity contribution in [2.45, 2.75) is 6.04 Å². The van der Waals surface area contributed by atoms with Crippen molar-refractivity contribution in [2.24, 2.45) is 0 Å². The Bertz CT molecular complexity index is 812. The molecule has 24 heavy (non-hydrogen) atoms. The summed E-state index contributed by atoms with van der Waals surface area (Å²) in [5.41, 5.74) is 2.77. The largest absolute Gasteiger partial charge is 0.341 e. The van der Waals surface area contributed by atoms with Crippen LogP contribution < -0.4 is 10.6 Å². The first-order valence-corrected chi connectivity index (χ1v) is 8.08. The number of anilines is 1. The van der Waals surface area contributed by atoms with Crippen LogP contribution in [-0.4, -0.2) is 40.5 Å². The van der Waals surface area contributed by atoms with Crippen molar-refractivity contribution in [3.05, 3.63) is 60.4 Å². The molecule has 6 heteroatoms. The smallest absolute Gasteiger partial charge is 0.321 e. The van der Waals surface area contributed by atoms with E-state index < -0.39 is 0 Å². The highest BCUT2D eigenvalue weighted by Crippen LogP contribution is 2.19. The average Bonchev–Trinajstić information content (AvgIpc) is 3.07. The van der Waals surface area contributed by atoms with E-state index in [0.717, 1.165) is 29.1 Å². The van der Waals surface area contributed by atoms with Gasteiger partial charge in [0.2, 0.25) is 0 Å². The second kappa shape index (κ2) is 6.33. The molecule has 0 spiro atoms. The molecule has 0 saturated carbocycles. The minimum atomic E-state index is -0.0798. The predicted octanol–water partition coefficient (Wildman–Crippen LogP) is 2.74. The number of hydrogen-bond acceptors (Lipinski definition) is 3. The van der Waals surface area contributed by atoms with Gasteiger partial charge in [0.1, 0.15) is 5.82 Å². The lowest BCUT2D eigenvalue weighted by atomic mass is 10.2. The maximum Gasteiger partial charge on any atom is 0.321 e. The van der Waals surface area contributed by atoms with Gasteiger partial charge in [-0.25, -0.2) is 9.78 Å². The lowest BCUT2D eigenvalue weighted by molar-refractivity contribution is 0.188. The standard InChI is InChI=1S/C18H19N5O/c24-18(20-13-6-2-1-3-7-13)23-11-10-19-16(12-23)17-21-14-8-4-5-9-15(14)22-17/h1-9,16,19H,10-12H2,(H,20,24)(H,21,22). The maximum absolute atomic E-state index is 12.5. The molecule has 1 aliphatic heterocycles. The van der Waals surface area contributed by atoms with Gasteiger partial charge in [-0.1, -0.05) is 30.3 Å². The lowest BCUT2D eigenvalue weighted by Gasteiger charge is -2.32. The summed E-state index contributed by atoms with van der Waals surface area (Å²) in [7, 11) is 0. The van der Waals surface area contributed by atoms with E-state index in [1.165, 1.54) is 0 Å². The number of benzene rings is 2. The molecule has 1 aromatic heterocycles. The summed E-state index contributed by atoms with van der Waals surface area (Å²) < 4.78 is 0. The zero-order valence-electron chi connectivity index (χ0n) is 13.2. The Balaban J connectivity index is 1.48. The zero-order chi connectivity index (χ0) is 16.4. The normalized spacial score (nSPS) is 17.8. The third-order valence-corrected chi connectivity index (χ3v) is 4.23. The minimum absolute atomic E-state index is 0.00710. The van der Waals surface area contributed by atoms with E-state index in [-0.39, 0.29) is 12.1 Å². The first-order valence-electron chi connectivity index (χ1n) is 8.08. The predicted molar refractivity (Wildman–Crippen MR) is 93.9 cm³/mol. The SMILES string of the molecule is O=C(Nc1ccccc1)N1CCNC(c2nc3ccccc3[nH]2)C1. The average molecular weight is 321 g/mol. The number of piperazine rings is 1. The van der Waals surface area contributed by atoms with Crippen molar-refractivity contribution in [3.63, 3.8) is 0 Å². The number of carbonyl (C=O) groups excluding carboxylic acids is 1. The fourth-order valence-electron chi connectivity index (χ4n) is 2.98. The molecule has 0 bridgehead atoms. The van der Waals surface area contributed by atoms with Gasteiger partial charge in [-0.15, -0.1) is 0 Å². The molecule has 3 N–H and O–H groups in total. The number of H-pyrrole nitrogens is 1. The third-order valence-electron chi connectivity index (χ3n) is 4.23. The molecule has 0 radical (unpaired) electrons. The van der Waals surface area contributed by atoms with Crippen LogP contribution in [-0.2, 0) is 0 Å². The highest BCUT2D eigenvalue weighted by molar-refractivity contribution is 5.89. The molecule has 6 nitrogen and oxygen atoms in total. The van der Waals surface area contributed by atoms with E-state index in [1.807, 2.05) is 59.5 Å². The Hall–Kier alpha value is -2.86. The maximum atomic E-state index is 12.5. The fourth-order valence-corrected chi connectivity index (χ4v) is 2.98. The van der Waals surface area contributed by atoms with Crippen molar-refractivity contribution >= 4 is 22.8 Å². The molecule has 2 aromatic carbocycles. The second-order valence-corrected chi connectivity index (χ2v) is 5.89. The summed E-state index contributed by atoms with van der Waals surface area (Å²) in [6.45, 7) is 2.00. The Morgan fingerprint density at radius 3 is 2.75 bits per heavy atom. The molecule has 1 aliphatic rings. The van der Waals surface area contributed by atoms with Crippen molar-refractivity contribution in [1.82, 2.24) is 20.2 Å². The number of nitrogens with one attached hydrogen (secondary N) is 3. The van der Waals surface area contributed by atoms with Crippen LogP contribution >= 0.6 is 0 Å². The van der Waals surface area contributed by atoms with E-state index in [1.54, 1.807) is 0 Å². The molecule has 2 amide bonds. The number of fused-ring (bicyclic) bond motifs is 1. The number of amides is 2. The van der Waals surface area contributed by atoms with Crippen molar-refractivity contribution in [1.29, 1.82) is 0 Å². The minimum Gasteiger partial charge on any atom is -0.341 e. The van der Waals surface area contributed by atoms with Gasteiger partial charge in [0, 0.05) is 25.3 Å². The molecule has 1 unspecified atom stereocenters. The van der Waals surface area contributed by atoms with Crippen molar-refractivity contribution in [3.8, 4) is 0 Å². The van der Waals surface area contributed by atoms with Gasteiger partial charge in [-0.2, -0.15) is 0 Å². The van der Waals surface area contributed by atoms with Gasteiger partial charge in [0.05, 0.1) is 17.1 Å². The second-order valence-electron chi connectivity index (χ2n) is 5.89. The van der Waals surface area contributed by atoms with Crippen molar-refractivity contribution < 1.29 is 4.79 Å². The van der Waals surface area contributed by atoms with Crippen LogP contribution in [0.1, 0.15) is 11.9 Å². The van der Waals surface area contributed by atoms with Gasteiger partial charge in [0.15, 0.2) is 0 Å². The summed E-state index contributed by atoms with van der Waals surface area (Å²) in [5, 5.41) is 6.37. The molecule has 4 rings (SSSR count). The number of carbonyl (C=O) groups is 1. The number of aromatic amines is 1. The molecule has 122 valence electrons. The van der Waals surface area contributed by atoms with E-state index >= 15 is 0 Å². The third kappa shape index (κ3) is 2.96. The van der Waals surface area contributed by atoms with E-state index in [0.29, 0.717) is 13.1 Å². The van der Waals surface area contributed by atoms with Crippen LogP contribution in [0.25, 0.3) is 11.0 Å². The number of nitrogens with zero attached hydrogens (tertiary/aromatic N) is 2. The monoisotopic (exact) mass is 321 g/mol. The lowest BCUT2D eigenvalue weighted by Crippen LogP contribution is -2.50. The van der Waals surface area contributed by atoms with Crippen LogP contribution in [0.3, 0.4) is 0 Å². The number of rotatable bonds is 2. The zero-order valence-corrected chi connectivity index (χ0v) is 13.2. The van der Waals surface area contributed by atoms with Crippen LogP contribution in [0.5, 0.6) is 0 Å². The van der Waals surface area contributed by atoms with Crippen molar-refractivity contribution in [2.75, 3.05) is 25.0 Å². The summed E-state index contributed by atoms with van der Waals surface area (Å²) in [6.07, 6.45) is 0. The fraction of sp³-hybridized carbons (Fsp3) is 0.222. The van der Waals surface area contributed by atoms with Crippen LogP contribution in [0.15, 0.2) is 54.6 Å². The van der Waals surface area contributed by atoms with Gasteiger partial charge in [-0.05, 0) is 24.3 Å². The van der Waals surface area contributed by atoms with E-state index in [9.17, 15) is 4.79 Å². The summed E-state index contributed by atoms with van der Waals surface area (Å²) >= 11 is 0. The molecule has 1 atom stereocenters. The Morgan fingerprint density at radius 1 is 1.12 bits per heavy atom. The van der Waals surface area contributed by atoms with Gasteiger partial charge in [-0.3, -0.25) is 0 Å². The molecule has 3 aromatic rings. The number of aromatic nitrogens is 2. The number of para-hydroxylation sites is 3. The number of urea groups is 1. The van der Waals surface area contributed by atoms with Gasteiger partial charge < -0.3 is 20.5 Å². The van der Waals surface area contributed by atoms with Crippen LogP contribution in [0.2, 0.25) is 0 Å². The molecular weight excluding hydrogens is 302 g/mol. The summed E-state index contributed by atoms with van der Waals surface area (Å²) in [6, 6.07) is 17.4. The van der Waals surface area contributed by atoms with Gasteiger partial charge >= 0.3 is 6.03 Å². The molecule has 1 fully saturated rings. The molecule has 1 saturated heterocycles. The Kier molecular flexibility index (Phi) is 3.88. The van der Waals surface area contributed by atoms with Crippen LogP contribution in [0, 0.1) is 0 Å². The summed E-state index contributed by atoms with van der Waals surface area (Å²) in [4.78, 5) is 22.3. The van der Waals surface area contributed by atoms with E-state index in [2.05, 4.69) is 20.6 Å². The highest BCUT2D eigenvalue weighted by atomic mass is 16.2. The first-order chi connectivity index (χ1) is 11.8. The van der Waals surface area contributed by atoms with Crippen LogP contribution in [0.4, 0.5) is 10.5 Å². The number of hydrogen-bond donors (Lipinski definition) is 3. The first kappa shape index (κ1) is 14.7.